The third-order valence-corrected chi connectivity index (χ3v) is 6.03. The van der Waals surface area contributed by atoms with Gasteiger partial charge in [-0.2, -0.15) is 0 Å². The van der Waals surface area contributed by atoms with Crippen molar-refractivity contribution in [1.29, 1.82) is 0 Å². The number of nitrogens with zero attached hydrogens (tertiary/aromatic N) is 1. The number of hydrogen-bond acceptors (Lipinski definition) is 2. The van der Waals surface area contributed by atoms with Crippen LogP contribution in [0.4, 0.5) is 5.69 Å². The average Bonchev–Trinajstić information content (AvgIpc) is 2.68. The van der Waals surface area contributed by atoms with Crippen molar-refractivity contribution in [2.24, 2.45) is 4.99 Å². The van der Waals surface area contributed by atoms with E-state index in [1.807, 2.05) is 6.21 Å². The van der Waals surface area contributed by atoms with E-state index in [2.05, 4.69) is 65.0 Å². The standard InChI is InChI=1S/C26H35NO/c1-17(2)22-12-9-13-23(18(3)4)25(22)27-16-21-14-19(5)15-24(26(21)28)20-10-7-6-8-11-20/h9,12-18,20,28H,6-8,10-11H2,1-5H3. The van der Waals surface area contributed by atoms with Gasteiger partial charge in [0.25, 0.3) is 0 Å². The Morgan fingerprint density at radius 2 is 1.57 bits per heavy atom. The summed E-state index contributed by atoms with van der Waals surface area (Å²) in [5, 5.41) is 11.0. The van der Waals surface area contributed by atoms with Crippen molar-refractivity contribution in [2.45, 2.75) is 84.5 Å². The molecule has 0 saturated heterocycles. The van der Waals surface area contributed by atoms with Crippen molar-refractivity contribution in [3.8, 4) is 5.75 Å². The molecule has 0 radical (unpaired) electrons. The second kappa shape index (κ2) is 8.94. The molecular weight excluding hydrogens is 342 g/mol. The molecular formula is C26H35NO. The van der Waals surface area contributed by atoms with Crippen molar-refractivity contribution < 1.29 is 5.11 Å². The predicted molar refractivity (Wildman–Crippen MR) is 121 cm³/mol. The third-order valence-electron chi connectivity index (χ3n) is 6.03. The van der Waals surface area contributed by atoms with Gasteiger partial charge in [-0.15, -0.1) is 0 Å². The largest absolute Gasteiger partial charge is 0.507 e. The maximum absolute atomic E-state index is 11.0. The zero-order chi connectivity index (χ0) is 20.3. The SMILES string of the molecule is Cc1cc(C=Nc2c(C(C)C)cccc2C(C)C)c(O)c(C2CCCCC2)c1. The van der Waals surface area contributed by atoms with Crippen molar-refractivity contribution in [3.63, 3.8) is 0 Å². The molecule has 3 rings (SSSR count). The first-order valence-corrected chi connectivity index (χ1v) is 10.9. The highest BCUT2D eigenvalue weighted by Crippen LogP contribution is 2.39. The molecule has 0 bridgehead atoms. The zero-order valence-electron chi connectivity index (χ0n) is 18.1. The molecule has 1 saturated carbocycles. The summed E-state index contributed by atoms with van der Waals surface area (Å²) in [6.45, 7) is 11.0. The molecule has 2 nitrogen and oxygen atoms in total. The van der Waals surface area contributed by atoms with Crippen molar-refractivity contribution >= 4 is 11.9 Å². The van der Waals surface area contributed by atoms with Crippen LogP contribution in [-0.2, 0) is 0 Å². The molecule has 0 spiro atoms. The fourth-order valence-electron chi connectivity index (χ4n) is 4.45. The molecule has 0 aliphatic heterocycles. The molecule has 2 aromatic rings. The molecule has 0 aromatic heterocycles. The maximum Gasteiger partial charge on any atom is 0.127 e. The topological polar surface area (TPSA) is 32.6 Å². The molecule has 1 aliphatic rings. The van der Waals surface area contributed by atoms with Gasteiger partial charge in [-0.05, 0) is 65.8 Å². The lowest BCUT2D eigenvalue weighted by Gasteiger charge is -2.24. The van der Waals surface area contributed by atoms with Crippen LogP contribution >= 0.6 is 0 Å². The Morgan fingerprint density at radius 1 is 0.964 bits per heavy atom. The minimum atomic E-state index is 0.412. The van der Waals surface area contributed by atoms with Gasteiger partial charge in [-0.3, -0.25) is 4.99 Å². The van der Waals surface area contributed by atoms with Crippen molar-refractivity contribution in [1.82, 2.24) is 0 Å². The lowest BCUT2D eigenvalue weighted by molar-refractivity contribution is 0.414. The minimum absolute atomic E-state index is 0.412. The van der Waals surface area contributed by atoms with Crippen LogP contribution in [0, 0.1) is 6.92 Å². The number of phenols is 1. The number of aliphatic imine (C=N–C) groups is 1. The summed E-state index contributed by atoms with van der Waals surface area (Å²) in [5.41, 5.74) is 6.74. The number of aromatic hydroxyl groups is 1. The van der Waals surface area contributed by atoms with E-state index in [1.165, 1.54) is 48.8 Å². The van der Waals surface area contributed by atoms with E-state index in [4.69, 9.17) is 4.99 Å². The van der Waals surface area contributed by atoms with Gasteiger partial charge in [-0.25, -0.2) is 0 Å². The van der Waals surface area contributed by atoms with Crippen LogP contribution in [0.3, 0.4) is 0 Å². The van der Waals surface area contributed by atoms with Crippen LogP contribution < -0.4 is 0 Å². The second-order valence-electron chi connectivity index (χ2n) is 8.98. The highest BCUT2D eigenvalue weighted by Gasteiger charge is 2.20. The number of benzene rings is 2. The Bertz CT molecular complexity index is 816. The van der Waals surface area contributed by atoms with Crippen LogP contribution in [0.1, 0.15) is 105 Å². The fraction of sp³-hybridized carbons (Fsp3) is 0.500. The first-order chi connectivity index (χ1) is 13.4. The highest BCUT2D eigenvalue weighted by atomic mass is 16.3. The summed E-state index contributed by atoms with van der Waals surface area (Å²) >= 11 is 0. The average molecular weight is 378 g/mol. The molecule has 28 heavy (non-hydrogen) atoms. The molecule has 0 heterocycles. The lowest BCUT2D eigenvalue weighted by atomic mass is 9.82. The first-order valence-electron chi connectivity index (χ1n) is 10.9. The third kappa shape index (κ3) is 4.48. The second-order valence-corrected chi connectivity index (χ2v) is 8.98. The number of aryl methyl sites for hydroxylation is 1. The van der Waals surface area contributed by atoms with Crippen LogP contribution in [-0.4, -0.2) is 11.3 Å². The van der Waals surface area contributed by atoms with E-state index in [9.17, 15) is 5.11 Å². The van der Waals surface area contributed by atoms with E-state index >= 15 is 0 Å². The van der Waals surface area contributed by atoms with Gasteiger partial charge in [0.2, 0.25) is 0 Å². The monoisotopic (exact) mass is 377 g/mol. The Kier molecular flexibility index (Phi) is 6.59. The molecule has 0 unspecified atom stereocenters. The molecule has 1 fully saturated rings. The van der Waals surface area contributed by atoms with Crippen LogP contribution in [0.5, 0.6) is 5.75 Å². The molecule has 0 amide bonds. The molecule has 0 atom stereocenters. The van der Waals surface area contributed by atoms with Gasteiger partial charge >= 0.3 is 0 Å². The molecule has 1 N–H and O–H groups in total. The van der Waals surface area contributed by atoms with Gasteiger partial charge in [0, 0.05) is 11.8 Å². The Morgan fingerprint density at radius 3 is 2.14 bits per heavy atom. The quantitative estimate of drug-likeness (QED) is 0.531. The number of rotatable bonds is 5. The summed E-state index contributed by atoms with van der Waals surface area (Å²) in [6.07, 6.45) is 8.09. The number of hydrogen-bond donors (Lipinski definition) is 1. The van der Waals surface area contributed by atoms with Crippen LogP contribution in [0.25, 0.3) is 0 Å². The zero-order valence-corrected chi connectivity index (χ0v) is 18.1. The minimum Gasteiger partial charge on any atom is -0.507 e. The smallest absolute Gasteiger partial charge is 0.127 e. The summed E-state index contributed by atoms with van der Waals surface area (Å²) in [5.74, 6) is 1.73. The van der Waals surface area contributed by atoms with E-state index in [1.54, 1.807) is 0 Å². The normalized spacial score (nSPS) is 15.8. The molecule has 2 aromatic carbocycles. The Hall–Kier alpha value is -2.09. The Labute approximate surface area is 170 Å². The van der Waals surface area contributed by atoms with Crippen LogP contribution in [0.15, 0.2) is 35.3 Å². The molecule has 150 valence electrons. The predicted octanol–water partition coefficient (Wildman–Crippen LogP) is 7.75. The highest BCUT2D eigenvalue weighted by molar-refractivity contribution is 5.87. The van der Waals surface area contributed by atoms with E-state index < -0.39 is 0 Å². The van der Waals surface area contributed by atoms with E-state index in [-0.39, 0.29) is 0 Å². The van der Waals surface area contributed by atoms with E-state index in [0.717, 1.165) is 16.8 Å². The maximum atomic E-state index is 11.0. The first kappa shape index (κ1) is 20.6. The van der Waals surface area contributed by atoms with Gasteiger partial charge in [0.1, 0.15) is 5.75 Å². The lowest BCUT2D eigenvalue weighted by Crippen LogP contribution is -2.06. The van der Waals surface area contributed by atoms with E-state index in [0.29, 0.717) is 23.5 Å². The van der Waals surface area contributed by atoms with Crippen molar-refractivity contribution in [2.75, 3.05) is 0 Å². The molecule has 2 heteroatoms. The van der Waals surface area contributed by atoms with Gasteiger partial charge < -0.3 is 5.11 Å². The summed E-state index contributed by atoms with van der Waals surface area (Å²) in [7, 11) is 0. The summed E-state index contributed by atoms with van der Waals surface area (Å²) in [6, 6.07) is 10.7. The molecule has 1 aliphatic carbocycles. The van der Waals surface area contributed by atoms with Crippen molar-refractivity contribution in [3.05, 3.63) is 58.1 Å². The van der Waals surface area contributed by atoms with Gasteiger partial charge in [0.15, 0.2) is 0 Å². The Balaban J connectivity index is 2.02. The number of phenolic OH excluding ortho intramolecular Hbond substituents is 1. The summed E-state index contributed by atoms with van der Waals surface area (Å²) < 4.78 is 0. The van der Waals surface area contributed by atoms with Gasteiger partial charge in [0.05, 0.1) is 5.69 Å². The fourth-order valence-corrected chi connectivity index (χ4v) is 4.45. The van der Waals surface area contributed by atoms with Gasteiger partial charge in [-0.1, -0.05) is 71.2 Å². The van der Waals surface area contributed by atoms with Crippen LogP contribution in [0.2, 0.25) is 0 Å². The summed E-state index contributed by atoms with van der Waals surface area (Å²) in [4.78, 5) is 4.92. The number of para-hydroxylation sites is 1.